The molecule has 0 bridgehead atoms. The van der Waals surface area contributed by atoms with Gasteiger partial charge in [-0.15, -0.1) is 11.6 Å². The van der Waals surface area contributed by atoms with Crippen molar-refractivity contribution in [2.45, 2.75) is 63.7 Å². The molecule has 0 aromatic heterocycles. The minimum atomic E-state index is -0.753. The summed E-state index contributed by atoms with van der Waals surface area (Å²) < 4.78 is 0. The molecule has 1 aromatic rings. The van der Waals surface area contributed by atoms with Crippen molar-refractivity contribution in [3.05, 3.63) is 35.4 Å². The molecule has 0 radical (unpaired) electrons. The molecule has 1 rings (SSSR count). The molecule has 1 aromatic carbocycles. The van der Waals surface area contributed by atoms with Gasteiger partial charge in [0, 0.05) is 6.42 Å². The maximum absolute atomic E-state index is 10.5. The van der Waals surface area contributed by atoms with E-state index in [1.165, 1.54) is 31.2 Å². The molecule has 0 aliphatic rings. The van der Waals surface area contributed by atoms with E-state index in [0.29, 0.717) is 12.8 Å². The van der Waals surface area contributed by atoms with Gasteiger partial charge in [0.25, 0.3) is 0 Å². The van der Waals surface area contributed by atoms with Crippen LogP contribution in [0.4, 0.5) is 0 Å². The number of hydrogen-bond donors (Lipinski definition) is 1. The standard InChI is InChI=1S/C17H25ClO2/c1-2-3-4-5-7-14-10-12-15(13-11-14)16(18)8-6-9-17(19)20/h10-13,16H,2-9H2,1H3,(H,19,20). The number of benzene rings is 1. The van der Waals surface area contributed by atoms with Crippen molar-refractivity contribution in [2.75, 3.05) is 0 Å². The highest BCUT2D eigenvalue weighted by Crippen LogP contribution is 2.26. The van der Waals surface area contributed by atoms with Gasteiger partial charge in [0.1, 0.15) is 0 Å². The Morgan fingerprint density at radius 2 is 1.85 bits per heavy atom. The first-order chi connectivity index (χ1) is 9.63. The molecule has 20 heavy (non-hydrogen) atoms. The third kappa shape index (κ3) is 6.95. The quantitative estimate of drug-likeness (QED) is 0.467. The lowest BCUT2D eigenvalue weighted by Crippen LogP contribution is -1.97. The molecule has 0 heterocycles. The average Bonchev–Trinajstić information content (AvgIpc) is 2.44. The smallest absolute Gasteiger partial charge is 0.303 e. The molecule has 0 amide bonds. The van der Waals surface area contributed by atoms with Crippen molar-refractivity contribution in [3.8, 4) is 0 Å². The number of alkyl halides is 1. The fourth-order valence-electron chi connectivity index (χ4n) is 2.25. The molecule has 1 unspecified atom stereocenters. The highest BCUT2D eigenvalue weighted by molar-refractivity contribution is 6.20. The van der Waals surface area contributed by atoms with Gasteiger partial charge in [-0.1, -0.05) is 50.5 Å². The lowest BCUT2D eigenvalue weighted by molar-refractivity contribution is -0.137. The van der Waals surface area contributed by atoms with Gasteiger partial charge < -0.3 is 5.11 Å². The second-order valence-electron chi connectivity index (χ2n) is 5.31. The van der Waals surface area contributed by atoms with Crippen LogP contribution >= 0.6 is 11.6 Å². The topological polar surface area (TPSA) is 37.3 Å². The Balaban J connectivity index is 2.35. The van der Waals surface area contributed by atoms with E-state index in [9.17, 15) is 4.79 Å². The fraction of sp³-hybridized carbons (Fsp3) is 0.588. The lowest BCUT2D eigenvalue weighted by atomic mass is 10.0. The zero-order chi connectivity index (χ0) is 14.8. The minimum Gasteiger partial charge on any atom is -0.481 e. The highest BCUT2D eigenvalue weighted by Gasteiger charge is 2.08. The number of aliphatic carboxylic acids is 1. The van der Waals surface area contributed by atoms with E-state index in [1.807, 2.05) is 0 Å². The Morgan fingerprint density at radius 1 is 1.15 bits per heavy atom. The maximum Gasteiger partial charge on any atom is 0.303 e. The third-order valence-corrected chi connectivity index (χ3v) is 3.98. The van der Waals surface area contributed by atoms with Crippen molar-refractivity contribution in [3.63, 3.8) is 0 Å². The van der Waals surface area contributed by atoms with Crippen molar-refractivity contribution in [1.82, 2.24) is 0 Å². The van der Waals surface area contributed by atoms with Gasteiger partial charge in [-0.05, 0) is 36.8 Å². The second kappa shape index (κ2) is 9.82. The Hall–Kier alpha value is -1.02. The number of halogens is 1. The normalized spacial score (nSPS) is 12.3. The molecule has 0 spiro atoms. The number of unbranched alkanes of at least 4 members (excludes halogenated alkanes) is 3. The SMILES string of the molecule is CCCCCCc1ccc(C(Cl)CCCC(=O)O)cc1. The van der Waals surface area contributed by atoms with Crippen LogP contribution in [0.2, 0.25) is 0 Å². The second-order valence-corrected chi connectivity index (χ2v) is 5.83. The fourth-order valence-corrected chi connectivity index (χ4v) is 2.55. The van der Waals surface area contributed by atoms with E-state index in [2.05, 4.69) is 31.2 Å². The van der Waals surface area contributed by atoms with E-state index >= 15 is 0 Å². The first kappa shape index (κ1) is 17.0. The molecule has 0 saturated carbocycles. The van der Waals surface area contributed by atoms with Gasteiger partial charge in [-0.2, -0.15) is 0 Å². The van der Waals surface area contributed by atoms with E-state index in [4.69, 9.17) is 16.7 Å². The summed E-state index contributed by atoms with van der Waals surface area (Å²) in [6, 6.07) is 8.45. The van der Waals surface area contributed by atoms with Crippen LogP contribution in [0.1, 0.15) is 68.4 Å². The first-order valence-corrected chi connectivity index (χ1v) is 8.01. The predicted octanol–water partition coefficient (Wildman–Crippen LogP) is 5.34. The van der Waals surface area contributed by atoms with Crippen LogP contribution in [0.15, 0.2) is 24.3 Å². The average molecular weight is 297 g/mol. The summed E-state index contributed by atoms with van der Waals surface area (Å²) in [6.07, 6.45) is 7.78. The molecule has 112 valence electrons. The Morgan fingerprint density at radius 3 is 2.45 bits per heavy atom. The summed E-state index contributed by atoms with van der Waals surface area (Å²) in [5.41, 5.74) is 2.45. The molecule has 0 saturated heterocycles. The van der Waals surface area contributed by atoms with Crippen LogP contribution in [0.5, 0.6) is 0 Å². The monoisotopic (exact) mass is 296 g/mol. The van der Waals surface area contributed by atoms with Crippen LogP contribution in [0.25, 0.3) is 0 Å². The summed E-state index contributed by atoms with van der Waals surface area (Å²) in [5.74, 6) is -0.753. The molecule has 0 aliphatic carbocycles. The Bertz CT molecular complexity index is 386. The van der Waals surface area contributed by atoms with E-state index in [1.54, 1.807) is 0 Å². The molecule has 2 nitrogen and oxygen atoms in total. The predicted molar refractivity (Wildman–Crippen MR) is 84.4 cm³/mol. The van der Waals surface area contributed by atoms with E-state index < -0.39 is 5.97 Å². The molecule has 1 N–H and O–H groups in total. The third-order valence-electron chi connectivity index (χ3n) is 3.51. The number of carbonyl (C=O) groups is 1. The Kier molecular flexibility index (Phi) is 8.36. The summed E-state index contributed by atoms with van der Waals surface area (Å²) in [5, 5.41) is 8.53. The molecule has 1 atom stereocenters. The van der Waals surface area contributed by atoms with Crippen LogP contribution in [0.3, 0.4) is 0 Å². The summed E-state index contributed by atoms with van der Waals surface area (Å²) in [4.78, 5) is 10.5. The molecular formula is C17H25ClO2. The zero-order valence-electron chi connectivity index (χ0n) is 12.3. The van der Waals surface area contributed by atoms with Gasteiger partial charge in [-0.3, -0.25) is 4.79 Å². The highest BCUT2D eigenvalue weighted by atomic mass is 35.5. The number of carboxylic acid groups (broad SMARTS) is 1. The zero-order valence-corrected chi connectivity index (χ0v) is 13.0. The number of rotatable bonds is 10. The van der Waals surface area contributed by atoms with Gasteiger partial charge in [0.15, 0.2) is 0 Å². The summed E-state index contributed by atoms with van der Waals surface area (Å²) in [7, 11) is 0. The molecular weight excluding hydrogens is 272 g/mol. The largest absolute Gasteiger partial charge is 0.481 e. The first-order valence-electron chi connectivity index (χ1n) is 7.58. The molecule has 0 fully saturated rings. The van der Waals surface area contributed by atoms with Crippen LogP contribution in [0, 0.1) is 0 Å². The van der Waals surface area contributed by atoms with Gasteiger partial charge >= 0.3 is 5.97 Å². The van der Waals surface area contributed by atoms with Crippen molar-refractivity contribution < 1.29 is 9.90 Å². The number of hydrogen-bond acceptors (Lipinski definition) is 1. The van der Waals surface area contributed by atoms with Gasteiger partial charge in [0.2, 0.25) is 0 Å². The number of aryl methyl sites for hydroxylation is 1. The van der Waals surface area contributed by atoms with E-state index in [0.717, 1.165) is 12.0 Å². The molecule has 3 heteroatoms. The van der Waals surface area contributed by atoms with Gasteiger partial charge in [-0.25, -0.2) is 0 Å². The summed E-state index contributed by atoms with van der Waals surface area (Å²) in [6.45, 7) is 2.22. The van der Waals surface area contributed by atoms with Crippen molar-refractivity contribution >= 4 is 17.6 Å². The summed E-state index contributed by atoms with van der Waals surface area (Å²) >= 11 is 6.29. The van der Waals surface area contributed by atoms with Crippen LogP contribution in [-0.4, -0.2) is 11.1 Å². The van der Waals surface area contributed by atoms with Gasteiger partial charge in [0.05, 0.1) is 5.38 Å². The van der Waals surface area contributed by atoms with Crippen LogP contribution < -0.4 is 0 Å². The Labute approximate surface area is 127 Å². The number of carboxylic acids is 1. The van der Waals surface area contributed by atoms with Crippen LogP contribution in [-0.2, 0) is 11.2 Å². The lowest BCUT2D eigenvalue weighted by Gasteiger charge is -2.10. The van der Waals surface area contributed by atoms with Crippen molar-refractivity contribution in [2.24, 2.45) is 0 Å². The maximum atomic E-state index is 10.5. The van der Waals surface area contributed by atoms with E-state index in [-0.39, 0.29) is 11.8 Å². The van der Waals surface area contributed by atoms with Crippen molar-refractivity contribution in [1.29, 1.82) is 0 Å². The molecule has 0 aliphatic heterocycles. The minimum absolute atomic E-state index is 0.0801.